The Kier molecular flexibility index (Phi) is 5.87. The van der Waals surface area contributed by atoms with Crippen molar-refractivity contribution in [3.05, 3.63) is 0 Å². The van der Waals surface area contributed by atoms with E-state index in [1.165, 1.54) is 32.1 Å². The second-order valence-electron chi connectivity index (χ2n) is 6.60. The van der Waals surface area contributed by atoms with Gasteiger partial charge in [0.05, 0.1) is 11.5 Å². The highest BCUT2D eigenvalue weighted by Crippen LogP contribution is 2.27. The van der Waals surface area contributed by atoms with Gasteiger partial charge in [-0.2, -0.15) is 0 Å². The molecule has 0 amide bonds. The highest BCUT2D eigenvalue weighted by Gasteiger charge is 2.33. The zero-order valence-corrected chi connectivity index (χ0v) is 13.8. The molecule has 2 fully saturated rings. The zero-order valence-electron chi connectivity index (χ0n) is 13.0. The summed E-state index contributed by atoms with van der Waals surface area (Å²) >= 11 is 0. The standard InChI is InChI=1S/C15H30N2O2S/c1-3-9-16-15-7-5-4-6-13(15)11-17(2)14-8-10-20(18,19)12-14/h13-16H,3-12H2,1-2H3. The van der Waals surface area contributed by atoms with Crippen molar-refractivity contribution in [2.75, 3.05) is 31.6 Å². The van der Waals surface area contributed by atoms with Crippen LogP contribution in [0.5, 0.6) is 0 Å². The molecule has 1 heterocycles. The third-order valence-corrected chi connectivity index (χ3v) is 6.67. The summed E-state index contributed by atoms with van der Waals surface area (Å²) in [6.07, 6.45) is 7.22. The maximum absolute atomic E-state index is 11.6. The minimum Gasteiger partial charge on any atom is -0.314 e. The second kappa shape index (κ2) is 7.23. The molecule has 1 aliphatic heterocycles. The molecule has 3 atom stereocenters. The Balaban J connectivity index is 1.86. The fraction of sp³-hybridized carbons (Fsp3) is 1.00. The first-order chi connectivity index (χ1) is 9.52. The summed E-state index contributed by atoms with van der Waals surface area (Å²) in [4.78, 5) is 2.31. The Bertz CT molecular complexity index is 397. The van der Waals surface area contributed by atoms with E-state index in [4.69, 9.17) is 0 Å². The van der Waals surface area contributed by atoms with Crippen molar-refractivity contribution in [3.63, 3.8) is 0 Å². The fourth-order valence-electron chi connectivity index (χ4n) is 3.67. The smallest absolute Gasteiger partial charge is 0.151 e. The Morgan fingerprint density at radius 2 is 1.95 bits per heavy atom. The van der Waals surface area contributed by atoms with E-state index in [-0.39, 0.29) is 6.04 Å². The van der Waals surface area contributed by atoms with Crippen molar-refractivity contribution in [2.45, 2.75) is 57.5 Å². The van der Waals surface area contributed by atoms with Crippen LogP contribution in [0.25, 0.3) is 0 Å². The molecule has 2 rings (SSSR count). The van der Waals surface area contributed by atoms with Gasteiger partial charge in [-0.15, -0.1) is 0 Å². The number of hydrogen-bond acceptors (Lipinski definition) is 4. The maximum Gasteiger partial charge on any atom is 0.151 e. The van der Waals surface area contributed by atoms with Crippen molar-refractivity contribution in [2.24, 2.45) is 5.92 Å². The molecule has 2 aliphatic rings. The van der Waals surface area contributed by atoms with Gasteiger partial charge < -0.3 is 10.2 Å². The summed E-state index contributed by atoms with van der Waals surface area (Å²) < 4.78 is 23.2. The van der Waals surface area contributed by atoms with Gasteiger partial charge in [-0.1, -0.05) is 19.8 Å². The normalized spacial score (nSPS) is 33.6. The lowest BCUT2D eigenvalue weighted by molar-refractivity contribution is 0.162. The van der Waals surface area contributed by atoms with Gasteiger partial charge in [0.25, 0.3) is 0 Å². The molecular weight excluding hydrogens is 272 g/mol. The van der Waals surface area contributed by atoms with Gasteiger partial charge in [0.1, 0.15) is 0 Å². The monoisotopic (exact) mass is 302 g/mol. The van der Waals surface area contributed by atoms with Gasteiger partial charge in [0, 0.05) is 18.6 Å². The first-order valence-corrected chi connectivity index (χ1v) is 9.98. The molecule has 3 unspecified atom stereocenters. The number of hydrogen-bond donors (Lipinski definition) is 1. The van der Waals surface area contributed by atoms with E-state index >= 15 is 0 Å². The first-order valence-electron chi connectivity index (χ1n) is 8.16. The van der Waals surface area contributed by atoms with Crippen molar-refractivity contribution >= 4 is 9.84 Å². The van der Waals surface area contributed by atoms with E-state index < -0.39 is 9.84 Å². The lowest BCUT2D eigenvalue weighted by Gasteiger charge is -2.36. The molecule has 0 bridgehead atoms. The molecule has 1 saturated heterocycles. The van der Waals surface area contributed by atoms with Crippen LogP contribution in [0, 0.1) is 5.92 Å². The van der Waals surface area contributed by atoms with Crippen LogP contribution in [0.1, 0.15) is 45.4 Å². The number of sulfone groups is 1. The van der Waals surface area contributed by atoms with Gasteiger partial charge in [-0.3, -0.25) is 0 Å². The maximum atomic E-state index is 11.6. The molecule has 0 spiro atoms. The summed E-state index contributed by atoms with van der Waals surface area (Å²) in [5.41, 5.74) is 0. The zero-order chi connectivity index (χ0) is 14.6. The van der Waals surface area contributed by atoms with Crippen molar-refractivity contribution in [1.29, 1.82) is 0 Å². The van der Waals surface area contributed by atoms with Crippen molar-refractivity contribution in [1.82, 2.24) is 10.2 Å². The highest BCUT2D eigenvalue weighted by molar-refractivity contribution is 7.91. The van der Waals surface area contributed by atoms with Gasteiger partial charge in [-0.05, 0) is 45.2 Å². The largest absolute Gasteiger partial charge is 0.314 e. The minimum atomic E-state index is -2.77. The molecule has 20 heavy (non-hydrogen) atoms. The Hall–Kier alpha value is -0.130. The predicted molar refractivity (Wildman–Crippen MR) is 83.7 cm³/mol. The Morgan fingerprint density at radius 3 is 2.60 bits per heavy atom. The van der Waals surface area contributed by atoms with Crippen LogP contribution in [0.3, 0.4) is 0 Å². The number of rotatable bonds is 6. The summed E-state index contributed by atoms with van der Waals surface area (Å²) in [5.74, 6) is 1.43. The quantitative estimate of drug-likeness (QED) is 0.811. The average Bonchev–Trinajstić information content (AvgIpc) is 2.78. The van der Waals surface area contributed by atoms with E-state index in [1.807, 2.05) is 0 Å². The second-order valence-corrected chi connectivity index (χ2v) is 8.83. The van der Waals surface area contributed by atoms with Gasteiger partial charge in [0.15, 0.2) is 9.84 Å². The SMILES string of the molecule is CCCNC1CCCCC1CN(C)C1CCS(=O)(=O)C1. The van der Waals surface area contributed by atoms with E-state index in [2.05, 4.69) is 24.2 Å². The third kappa shape index (κ3) is 4.43. The number of nitrogens with one attached hydrogen (secondary N) is 1. The minimum absolute atomic E-state index is 0.244. The van der Waals surface area contributed by atoms with Crippen LogP contribution in [-0.2, 0) is 9.84 Å². The molecule has 0 aromatic rings. The van der Waals surface area contributed by atoms with Crippen LogP contribution in [0.15, 0.2) is 0 Å². The van der Waals surface area contributed by atoms with Crippen LogP contribution in [0.4, 0.5) is 0 Å². The van der Waals surface area contributed by atoms with E-state index in [9.17, 15) is 8.42 Å². The molecule has 0 aromatic heterocycles. The molecule has 1 aliphatic carbocycles. The highest BCUT2D eigenvalue weighted by atomic mass is 32.2. The molecule has 1 N–H and O–H groups in total. The molecule has 1 saturated carbocycles. The first kappa shape index (κ1) is 16.2. The molecule has 118 valence electrons. The lowest BCUT2D eigenvalue weighted by atomic mass is 9.84. The van der Waals surface area contributed by atoms with E-state index in [0.717, 1.165) is 19.5 Å². The lowest BCUT2D eigenvalue weighted by Crippen LogP contribution is -2.46. The van der Waals surface area contributed by atoms with Crippen LogP contribution >= 0.6 is 0 Å². The molecule has 5 heteroatoms. The fourth-order valence-corrected chi connectivity index (χ4v) is 5.47. The van der Waals surface area contributed by atoms with Crippen molar-refractivity contribution < 1.29 is 8.42 Å². The average molecular weight is 302 g/mol. The van der Waals surface area contributed by atoms with E-state index in [1.54, 1.807) is 0 Å². The summed E-state index contributed by atoms with van der Waals surface area (Å²) in [6, 6.07) is 0.873. The molecule has 0 radical (unpaired) electrons. The van der Waals surface area contributed by atoms with Crippen molar-refractivity contribution in [3.8, 4) is 0 Å². The van der Waals surface area contributed by atoms with E-state index in [0.29, 0.717) is 23.5 Å². The van der Waals surface area contributed by atoms with Crippen LogP contribution in [-0.4, -0.2) is 57.0 Å². The summed E-state index contributed by atoms with van der Waals surface area (Å²) in [6.45, 7) is 4.35. The summed E-state index contributed by atoms with van der Waals surface area (Å²) in [7, 11) is -0.658. The molecule has 4 nitrogen and oxygen atoms in total. The number of nitrogens with zero attached hydrogens (tertiary/aromatic N) is 1. The predicted octanol–water partition coefficient (Wildman–Crippen LogP) is 1.66. The summed E-state index contributed by atoms with van der Waals surface area (Å²) in [5, 5.41) is 3.69. The van der Waals surface area contributed by atoms with Gasteiger partial charge in [-0.25, -0.2) is 8.42 Å². The third-order valence-electron chi connectivity index (χ3n) is 4.92. The Morgan fingerprint density at radius 1 is 1.20 bits per heavy atom. The Labute approximate surface area is 124 Å². The van der Waals surface area contributed by atoms with Crippen LogP contribution < -0.4 is 5.32 Å². The van der Waals surface area contributed by atoms with Gasteiger partial charge in [0.2, 0.25) is 0 Å². The van der Waals surface area contributed by atoms with Gasteiger partial charge >= 0.3 is 0 Å². The molecule has 0 aromatic carbocycles. The van der Waals surface area contributed by atoms with Crippen LogP contribution in [0.2, 0.25) is 0 Å². The topological polar surface area (TPSA) is 49.4 Å². The molecular formula is C15H30N2O2S.